The first-order valence-corrected chi connectivity index (χ1v) is 6.62. The molecule has 2 rings (SSSR count). The van der Waals surface area contributed by atoms with Crippen LogP contribution in [0.4, 0.5) is 4.39 Å². The van der Waals surface area contributed by atoms with Gasteiger partial charge in [-0.2, -0.15) is 0 Å². The number of ether oxygens (including phenoxy) is 2. The first-order valence-electron chi connectivity index (χ1n) is 6.62. The molecule has 2 aromatic carbocycles. The quantitative estimate of drug-likeness (QED) is 0.503. The number of methoxy groups -OCH3 is 2. The van der Waals surface area contributed by atoms with Gasteiger partial charge in [0.05, 0.1) is 19.8 Å². The number of hydrogen-bond acceptors (Lipinski definition) is 5. The van der Waals surface area contributed by atoms with Gasteiger partial charge in [-0.1, -0.05) is 0 Å². The zero-order chi connectivity index (χ0) is 17.0. The molecule has 6 heteroatoms. The third kappa shape index (κ3) is 3.60. The van der Waals surface area contributed by atoms with E-state index < -0.39 is 23.1 Å². The topological polar surface area (TPSA) is 76.0 Å². The van der Waals surface area contributed by atoms with E-state index in [1.165, 1.54) is 26.4 Å². The highest BCUT2D eigenvalue weighted by Crippen LogP contribution is 2.29. The van der Waals surface area contributed by atoms with Gasteiger partial charge in [0.2, 0.25) is 0 Å². The lowest BCUT2D eigenvalue weighted by atomic mass is 10.1. The van der Waals surface area contributed by atoms with Gasteiger partial charge in [0.15, 0.2) is 17.3 Å². The lowest BCUT2D eigenvalue weighted by molar-refractivity contribution is 0.104. The number of carbonyl (C=O) groups is 1. The molecule has 0 bridgehead atoms. The SMILES string of the molecule is COc1ccc(C(=O)/C=C/c2cc(O)c(O)cc2F)c(OC)c1. The lowest BCUT2D eigenvalue weighted by Crippen LogP contribution is -1.99. The number of hydrogen-bond donors (Lipinski definition) is 2. The van der Waals surface area contributed by atoms with Crippen LogP contribution in [-0.2, 0) is 0 Å². The number of phenolic OH excluding ortho intramolecular Hbond substituents is 2. The smallest absolute Gasteiger partial charge is 0.189 e. The summed E-state index contributed by atoms with van der Waals surface area (Å²) in [5, 5.41) is 18.6. The molecule has 0 heterocycles. The lowest BCUT2D eigenvalue weighted by Gasteiger charge is -2.08. The third-order valence-electron chi connectivity index (χ3n) is 3.18. The number of rotatable bonds is 5. The molecule has 0 aliphatic carbocycles. The Labute approximate surface area is 132 Å². The summed E-state index contributed by atoms with van der Waals surface area (Å²) < 4.78 is 23.8. The second-order valence-electron chi connectivity index (χ2n) is 4.63. The van der Waals surface area contributed by atoms with E-state index in [1.54, 1.807) is 12.1 Å². The molecular weight excluding hydrogens is 303 g/mol. The minimum absolute atomic E-state index is 0.0267. The fourth-order valence-corrected chi connectivity index (χ4v) is 1.95. The van der Waals surface area contributed by atoms with Crippen LogP contribution in [0.1, 0.15) is 15.9 Å². The highest BCUT2D eigenvalue weighted by molar-refractivity contribution is 6.08. The van der Waals surface area contributed by atoms with Crippen LogP contribution in [0.3, 0.4) is 0 Å². The summed E-state index contributed by atoms with van der Waals surface area (Å²) in [5.74, 6) is -1.34. The van der Waals surface area contributed by atoms with Crippen molar-refractivity contribution >= 4 is 11.9 Å². The summed E-state index contributed by atoms with van der Waals surface area (Å²) in [6, 6.07) is 6.51. The normalized spacial score (nSPS) is 10.7. The Morgan fingerprint density at radius 2 is 1.78 bits per heavy atom. The van der Waals surface area contributed by atoms with E-state index in [9.17, 15) is 19.4 Å². The molecule has 0 spiro atoms. The first-order chi connectivity index (χ1) is 11.0. The van der Waals surface area contributed by atoms with Crippen molar-refractivity contribution in [2.75, 3.05) is 14.2 Å². The number of allylic oxidation sites excluding steroid dienone is 1. The second kappa shape index (κ2) is 6.83. The maximum atomic E-state index is 13.7. The molecule has 0 unspecified atom stereocenters. The Kier molecular flexibility index (Phi) is 4.85. The van der Waals surface area contributed by atoms with E-state index in [-0.39, 0.29) is 11.1 Å². The molecule has 0 aliphatic rings. The molecule has 0 aromatic heterocycles. The Balaban J connectivity index is 2.30. The maximum Gasteiger partial charge on any atom is 0.189 e. The van der Waals surface area contributed by atoms with Crippen molar-refractivity contribution in [1.82, 2.24) is 0 Å². The molecule has 0 saturated heterocycles. The Morgan fingerprint density at radius 3 is 2.43 bits per heavy atom. The third-order valence-corrected chi connectivity index (χ3v) is 3.18. The van der Waals surface area contributed by atoms with Crippen molar-refractivity contribution in [2.24, 2.45) is 0 Å². The van der Waals surface area contributed by atoms with Crippen LogP contribution in [0.5, 0.6) is 23.0 Å². The van der Waals surface area contributed by atoms with E-state index in [0.29, 0.717) is 11.5 Å². The van der Waals surface area contributed by atoms with Crippen molar-refractivity contribution < 1.29 is 28.9 Å². The highest BCUT2D eigenvalue weighted by Gasteiger charge is 2.12. The molecule has 120 valence electrons. The van der Waals surface area contributed by atoms with Crippen LogP contribution in [0, 0.1) is 5.82 Å². The van der Waals surface area contributed by atoms with Gasteiger partial charge in [-0.05, 0) is 30.4 Å². The van der Waals surface area contributed by atoms with E-state index >= 15 is 0 Å². The highest BCUT2D eigenvalue weighted by atomic mass is 19.1. The summed E-state index contributed by atoms with van der Waals surface area (Å²) in [6.45, 7) is 0. The van der Waals surface area contributed by atoms with Crippen LogP contribution in [0.25, 0.3) is 6.08 Å². The molecule has 23 heavy (non-hydrogen) atoms. The molecule has 2 aromatic rings. The van der Waals surface area contributed by atoms with Gasteiger partial charge in [-0.3, -0.25) is 4.79 Å². The van der Waals surface area contributed by atoms with E-state index in [0.717, 1.165) is 18.2 Å². The predicted molar refractivity (Wildman–Crippen MR) is 82.6 cm³/mol. The molecule has 0 amide bonds. The number of halogens is 1. The average molecular weight is 318 g/mol. The zero-order valence-electron chi connectivity index (χ0n) is 12.5. The number of phenols is 2. The van der Waals surface area contributed by atoms with E-state index in [4.69, 9.17) is 9.47 Å². The molecule has 0 aliphatic heterocycles. The van der Waals surface area contributed by atoms with Crippen LogP contribution in [0.15, 0.2) is 36.4 Å². The maximum absolute atomic E-state index is 13.7. The fraction of sp³-hybridized carbons (Fsp3) is 0.118. The molecule has 0 fully saturated rings. The van der Waals surface area contributed by atoms with Gasteiger partial charge in [0.25, 0.3) is 0 Å². The largest absolute Gasteiger partial charge is 0.504 e. The summed E-state index contributed by atoms with van der Waals surface area (Å²) >= 11 is 0. The fourth-order valence-electron chi connectivity index (χ4n) is 1.95. The molecule has 2 N–H and O–H groups in total. The summed E-state index contributed by atoms with van der Waals surface area (Å²) in [7, 11) is 2.92. The summed E-state index contributed by atoms with van der Waals surface area (Å²) in [5.41, 5.74) is 0.258. The number of benzene rings is 2. The van der Waals surface area contributed by atoms with Crippen molar-refractivity contribution in [2.45, 2.75) is 0 Å². The van der Waals surface area contributed by atoms with Crippen LogP contribution in [0.2, 0.25) is 0 Å². The van der Waals surface area contributed by atoms with Crippen molar-refractivity contribution in [3.05, 3.63) is 53.4 Å². The standard InChI is InChI=1S/C17H15FO5/c1-22-11-4-5-12(17(8-11)23-2)14(19)6-3-10-7-15(20)16(21)9-13(10)18/h3-9,20-21H,1-2H3/b6-3+. The van der Waals surface area contributed by atoms with Gasteiger partial charge >= 0.3 is 0 Å². The van der Waals surface area contributed by atoms with Gasteiger partial charge in [0, 0.05) is 17.7 Å². The van der Waals surface area contributed by atoms with Crippen molar-refractivity contribution in [1.29, 1.82) is 0 Å². The van der Waals surface area contributed by atoms with Gasteiger partial charge in [0.1, 0.15) is 17.3 Å². The Hall–Kier alpha value is -3.02. The minimum atomic E-state index is -0.758. The summed E-state index contributed by atoms with van der Waals surface area (Å²) in [6.07, 6.45) is 2.36. The number of aromatic hydroxyl groups is 2. The van der Waals surface area contributed by atoms with Crippen LogP contribution >= 0.6 is 0 Å². The van der Waals surface area contributed by atoms with Crippen molar-refractivity contribution in [3.8, 4) is 23.0 Å². The van der Waals surface area contributed by atoms with E-state index in [1.807, 2.05) is 0 Å². The van der Waals surface area contributed by atoms with Gasteiger partial charge in [-0.25, -0.2) is 4.39 Å². The van der Waals surface area contributed by atoms with Crippen molar-refractivity contribution in [3.63, 3.8) is 0 Å². The average Bonchev–Trinajstić information content (AvgIpc) is 2.55. The number of carbonyl (C=O) groups excluding carboxylic acids is 1. The monoisotopic (exact) mass is 318 g/mol. The predicted octanol–water partition coefficient (Wildman–Crippen LogP) is 3.15. The molecule has 5 nitrogen and oxygen atoms in total. The molecule has 0 radical (unpaired) electrons. The van der Waals surface area contributed by atoms with Gasteiger partial charge < -0.3 is 19.7 Å². The molecule has 0 saturated carbocycles. The van der Waals surface area contributed by atoms with Gasteiger partial charge in [-0.15, -0.1) is 0 Å². The molecule has 0 atom stereocenters. The summed E-state index contributed by atoms with van der Waals surface area (Å²) in [4.78, 5) is 12.2. The second-order valence-corrected chi connectivity index (χ2v) is 4.63. The minimum Gasteiger partial charge on any atom is -0.504 e. The van der Waals surface area contributed by atoms with Crippen LogP contribution in [-0.4, -0.2) is 30.2 Å². The first kappa shape index (κ1) is 16.4. The zero-order valence-corrected chi connectivity index (χ0v) is 12.5. The van der Waals surface area contributed by atoms with E-state index in [2.05, 4.69) is 0 Å². The Bertz CT molecular complexity index is 768. The molecular formula is C17H15FO5. The number of ketones is 1. The van der Waals surface area contributed by atoms with Crippen LogP contribution < -0.4 is 9.47 Å². The Morgan fingerprint density at radius 1 is 1.09 bits per heavy atom.